The summed E-state index contributed by atoms with van der Waals surface area (Å²) >= 11 is 4.16. The molecule has 96 valence electrons. The Hall–Kier alpha value is -0.910. The zero-order valence-electron chi connectivity index (χ0n) is 10.3. The molecule has 3 heteroatoms. The quantitative estimate of drug-likeness (QED) is 0.653. The molecule has 3 aromatic rings. The van der Waals surface area contributed by atoms with E-state index in [9.17, 15) is 0 Å². The third-order valence-corrected chi connectivity index (χ3v) is 5.30. The lowest BCUT2D eigenvalue weighted by atomic mass is 9.99. The Morgan fingerprint density at radius 3 is 2.63 bits per heavy atom. The summed E-state index contributed by atoms with van der Waals surface area (Å²) in [6.07, 6.45) is 0.893. The van der Waals surface area contributed by atoms with Gasteiger partial charge in [-0.25, -0.2) is 0 Å². The smallest absolute Gasteiger partial charge is 0.0346 e. The molecule has 1 nitrogen and oxygen atoms in total. The van der Waals surface area contributed by atoms with E-state index >= 15 is 0 Å². The van der Waals surface area contributed by atoms with Crippen molar-refractivity contribution < 1.29 is 0 Å². The van der Waals surface area contributed by atoms with Crippen molar-refractivity contribution in [1.82, 2.24) is 0 Å². The molecule has 0 aliphatic rings. The van der Waals surface area contributed by atoms with Crippen LogP contribution in [0.25, 0.3) is 10.1 Å². The van der Waals surface area contributed by atoms with Gasteiger partial charge >= 0.3 is 0 Å². The predicted molar refractivity (Wildman–Crippen MR) is 91.6 cm³/mol. The molecule has 0 bridgehead atoms. The number of fused-ring (bicyclic) bond motifs is 1. The van der Waals surface area contributed by atoms with Crippen molar-refractivity contribution in [2.24, 2.45) is 5.73 Å². The SMILES string of the molecule is NC(Cc1csc2ccccc12)c1ccccc1I. The summed E-state index contributed by atoms with van der Waals surface area (Å²) < 4.78 is 2.58. The molecule has 1 aromatic heterocycles. The van der Waals surface area contributed by atoms with Crippen molar-refractivity contribution in [1.29, 1.82) is 0 Å². The van der Waals surface area contributed by atoms with E-state index in [2.05, 4.69) is 76.5 Å². The van der Waals surface area contributed by atoms with Gasteiger partial charge < -0.3 is 5.73 Å². The molecule has 0 saturated carbocycles. The Labute approximate surface area is 130 Å². The largest absolute Gasteiger partial charge is 0.324 e. The average Bonchev–Trinajstić information content (AvgIpc) is 2.83. The molecule has 0 spiro atoms. The Kier molecular flexibility index (Phi) is 3.86. The van der Waals surface area contributed by atoms with E-state index in [0.717, 1.165) is 6.42 Å². The zero-order chi connectivity index (χ0) is 13.2. The van der Waals surface area contributed by atoms with Crippen LogP contribution in [0.5, 0.6) is 0 Å². The maximum Gasteiger partial charge on any atom is 0.0346 e. The van der Waals surface area contributed by atoms with Gasteiger partial charge in [-0.1, -0.05) is 36.4 Å². The molecule has 0 amide bonds. The second kappa shape index (κ2) is 5.61. The Bertz CT molecular complexity index is 705. The van der Waals surface area contributed by atoms with Gasteiger partial charge in [-0.05, 0) is 63.0 Å². The summed E-state index contributed by atoms with van der Waals surface area (Å²) in [5.41, 5.74) is 8.97. The summed E-state index contributed by atoms with van der Waals surface area (Å²) in [4.78, 5) is 0. The fraction of sp³-hybridized carbons (Fsp3) is 0.125. The molecule has 0 radical (unpaired) electrons. The van der Waals surface area contributed by atoms with Crippen molar-refractivity contribution in [2.75, 3.05) is 0 Å². The number of hydrogen-bond acceptors (Lipinski definition) is 2. The first kappa shape index (κ1) is 13.1. The first-order chi connectivity index (χ1) is 9.25. The second-order valence-corrected chi connectivity index (χ2v) is 6.66. The maximum atomic E-state index is 6.38. The van der Waals surface area contributed by atoms with Crippen LogP contribution in [-0.4, -0.2) is 0 Å². The second-order valence-electron chi connectivity index (χ2n) is 4.59. The number of nitrogens with two attached hydrogens (primary N) is 1. The van der Waals surface area contributed by atoms with Crippen LogP contribution in [-0.2, 0) is 6.42 Å². The highest BCUT2D eigenvalue weighted by atomic mass is 127. The van der Waals surface area contributed by atoms with Crippen LogP contribution in [0.2, 0.25) is 0 Å². The van der Waals surface area contributed by atoms with Crippen LogP contribution >= 0.6 is 33.9 Å². The van der Waals surface area contributed by atoms with Gasteiger partial charge in [0.25, 0.3) is 0 Å². The van der Waals surface area contributed by atoms with E-state index in [1.54, 1.807) is 11.3 Å². The van der Waals surface area contributed by atoms with Crippen LogP contribution in [0.3, 0.4) is 0 Å². The van der Waals surface area contributed by atoms with Crippen molar-refractivity contribution >= 4 is 44.0 Å². The summed E-state index contributed by atoms with van der Waals surface area (Å²) in [7, 11) is 0. The lowest BCUT2D eigenvalue weighted by Crippen LogP contribution is -2.14. The molecular weight excluding hydrogens is 365 g/mol. The minimum absolute atomic E-state index is 0.0612. The lowest BCUT2D eigenvalue weighted by molar-refractivity contribution is 0.723. The van der Waals surface area contributed by atoms with Crippen LogP contribution in [0.4, 0.5) is 0 Å². The van der Waals surface area contributed by atoms with Gasteiger partial charge in [0.1, 0.15) is 0 Å². The number of halogens is 1. The van der Waals surface area contributed by atoms with E-state index in [4.69, 9.17) is 5.73 Å². The Morgan fingerprint density at radius 1 is 1.05 bits per heavy atom. The van der Waals surface area contributed by atoms with Gasteiger partial charge in [0.2, 0.25) is 0 Å². The summed E-state index contributed by atoms with van der Waals surface area (Å²) in [6.45, 7) is 0. The minimum atomic E-state index is 0.0612. The van der Waals surface area contributed by atoms with Crippen LogP contribution in [0.1, 0.15) is 17.2 Å². The summed E-state index contributed by atoms with van der Waals surface area (Å²) in [6, 6.07) is 16.9. The van der Waals surface area contributed by atoms with E-state index in [1.807, 2.05) is 0 Å². The molecule has 0 aliphatic carbocycles. The highest BCUT2D eigenvalue weighted by Crippen LogP contribution is 2.29. The molecule has 1 atom stereocenters. The first-order valence-electron chi connectivity index (χ1n) is 6.21. The lowest BCUT2D eigenvalue weighted by Gasteiger charge is -2.13. The van der Waals surface area contributed by atoms with Crippen LogP contribution in [0.15, 0.2) is 53.9 Å². The van der Waals surface area contributed by atoms with Crippen molar-refractivity contribution in [3.63, 3.8) is 0 Å². The molecule has 2 N–H and O–H groups in total. The molecule has 1 heterocycles. The molecule has 1 unspecified atom stereocenters. The van der Waals surface area contributed by atoms with Gasteiger partial charge in [0, 0.05) is 14.3 Å². The van der Waals surface area contributed by atoms with Gasteiger partial charge in [0.05, 0.1) is 0 Å². The van der Waals surface area contributed by atoms with E-state index < -0.39 is 0 Å². The molecule has 0 saturated heterocycles. The van der Waals surface area contributed by atoms with E-state index in [1.165, 1.54) is 24.8 Å². The van der Waals surface area contributed by atoms with Gasteiger partial charge in [-0.15, -0.1) is 11.3 Å². The molecule has 2 aromatic carbocycles. The fourth-order valence-corrected chi connectivity index (χ4v) is 4.08. The van der Waals surface area contributed by atoms with Gasteiger partial charge in [-0.3, -0.25) is 0 Å². The Balaban J connectivity index is 1.91. The third-order valence-electron chi connectivity index (χ3n) is 3.31. The summed E-state index contributed by atoms with van der Waals surface area (Å²) in [5.74, 6) is 0. The number of benzene rings is 2. The number of thiophene rings is 1. The van der Waals surface area contributed by atoms with E-state index in [-0.39, 0.29) is 6.04 Å². The minimum Gasteiger partial charge on any atom is -0.324 e. The normalized spacial score (nSPS) is 12.7. The zero-order valence-corrected chi connectivity index (χ0v) is 13.3. The Morgan fingerprint density at radius 2 is 1.79 bits per heavy atom. The average molecular weight is 379 g/mol. The highest BCUT2D eigenvalue weighted by Gasteiger charge is 2.12. The topological polar surface area (TPSA) is 26.0 Å². The van der Waals surface area contributed by atoms with Crippen molar-refractivity contribution in [2.45, 2.75) is 12.5 Å². The molecule has 19 heavy (non-hydrogen) atoms. The molecular formula is C16H14INS. The van der Waals surface area contributed by atoms with Gasteiger partial charge in [-0.2, -0.15) is 0 Å². The standard InChI is InChI=1S/C16H14INS/c17-14-7-3-1-6-13(14)15(18)9-11-10-19-16-8-4-2-5-12(11)16/h1-8,10,15H,9,18H2. The fourth-order valence-electron chi connectivity index (χ4n) is 2.31. The van der Waals surface area contributed by atoms with Crippen molar-refractivity contribution in [3.05, 3.63) is 68.6 Å². The monoisotopic (exact) mass is 379 g/mol. The van der Waals surface area contributed by atoms with Gasteiger partial charge in [0.15, 0.2) is 0 Å². The number of rotatable bonds is 3. The molecule has 0 fully saturated rings. The predicted octanol–water partition coefficient (Wildman–Crippen LogP) is 4.75. The summed E-state index contributed by atoms with van der Waals surface area (Å²) in [5, 5.41) is 3.58. The molecule has 3 rings (SSSR count). The van der Waals surface area contributed by atoms with Crippen molar-refractivity contribution in [3.8, 4) is 0 Å². The first-order valence-corrected chi connectivity index (χ1v) is 8.16. The third kappa shape index (κ3) is 2.68. The highest BCUT2D eigenvalue weighted by molar-refractivity contribution is 14.1. The maximum absolute atomic E-state index is 6.38. The van der Waals surface area contributed by atoms with E-state index in [0.29, 0.717) is 0 Å². The van der Waals surface area contributed by atoms with Crippen LogP contribution < -0.4 is 5.73 Å². The molecule has 0 aliphatic heterocycles. The number of hydrogen-bond donors (Lipinski definition) is 1. The van der Waals surface area contributed by atoms with Crippen LogP contribution in [0, 0.1) is 3.57 Å².